The molecule has 0 bridgehead atoms. The van der Waals surface area contributed by atoms with Crippen LogP contribution in [0.2, 0.25) is 0 Å². The van der Waals surface area contributed by atoms with Crippen LogP contribution in [0.25, 0.3) is 0 Å². The van der Waals surface area contributed by atoms with Gasteiger partial charge in [0.1, 0.15) is 5.60 Å². The van der Waals surface area contributed by atoms with Crippen LogP contribution in [0.15, 0.2) is 11.1 Å². The van der Waals surface area contributed by atoms with Crippen molar-refractivity contribution in [2.75, 3.05) is 13.1 Å². The van der Waals surface area contributed by atoms with Crippen molar-refractivity contribution in [2.45, 2.75) is 64.4 Å². The number of ether oxygens (including phenoxy) is 1. The molecule has 1 N–H and O–H groups in total. The molecule has 0 aromatic rings. The van der Waals surface area contributed by atoms with E-state index in [-0.39, 0.29) is 11.9 Å². The predicted molar refractivity (Wildman–Crippen MR) is 82.7 cm³/mol. The standard InChI is InChI=1S/C17H26N2O3/c1-12-6-10-19(11-7-12)18-15(20)14-13(2)16(21)22-17(14)8-4-3-5-9-17/h12H,3-11H2,1-2H3,(H,18,20). The van der Waals surface area contributed by atoms with Crippen LogP contribution in [0.1, 0.15) is 58.8 Å². The van der Waals surface area contributed by atoms with Crippen molar-refractivity contribution in [1.29, 1.82) is 0 Å². The third-order valence-electron chi connectivity index (χ3n) is 5.36. The van der Waals surface area contributed by atoms with Gasteiger partial charge in [-0.25, -0.2) is 9.80 Å². The van der Waals surface area contributed by atoms with E-state index in [4.69, 9.17) is 4.74 Å². The number of rotatable bonds is 2. The fraction of sp³-hybridized carbons (Fsp3) is 0.765. The zero-order chi connectivity index (χ0) is 15.7. The number of esters is 1. The van der Waals surface area contributed by atoms with Gasteiger partial charge >= 0.3 is 5.97 Å². The summed E-state index contributed by atoms with van der Waals surface area (Å²) in [6.07, 6.45) is 6.91. The molecular weight excluding hydrogens is 280 g/mol. The van der Waals surface area contributed by atoms with Crippen molar-refractivity contribution in [3.63, 3.8) is 0 Å². The molecule has 2 fully saturated rings. The molecule has 122 valence electrons. The fourth-order valence-corrected chi connectivity index (χ4v) is 3.92. The second-order valence-electron chi connectivity index (χ2n) is 7.05. The minimum Gasteiger partial charge on any atom is -0.451 e. The lowest BCUT2D eigenvalue weighted by atomic mass is 9.78. The normalized spacial score (nSPS) is 26.4. The topological polar surface area (TPSA) is 58.6 Å². The van der Waals surface area contributed by atoms with Crippen LogP contribution in [-0.2, 0) is 14.3 Å². The van der Waals surface area contributed by atoms with E-state index < -0.39 is 5.60 Å². The van der Waals surface area contributed by atoms with E-state index in [2.05, 4.69) is 12.3 Å². The SMILES string of the molecule is CC1=C(C(=O)NN2CCC(C)CC2)C2(CCCCC2)OC1=O. The van der Waals surface area contributed by atoms with Gasteiger partial charge in [-0.2, -0.15) is 0 Å². The molecule has 2 aliphatic heterocycles. The average molecular weight is 306 g/mol. The van der Waals surface area contributed by atoms with Gasteiger partial charge in [0.05, 0.1) is 5.57 Å². The lowest BCUT2D eigenvalue weighted by Gasteiger charge is -2.36. The summed E-state index contributed by atoms with van der Waals surface area (Å²) in [7, 11) is 0. The van der Waals surface area contributed by atoms with Gasteiger partial charge in [0.25, 0.3) is 5.91 Å². The van der Waals surface area contributed by atoms with Crippen molar-refractivity contribution in [1.82, 2.24) is 10.4 Å². The highest BCUT2D eigenvalue weighted by atomic mass is 16.6. The smallest absolute Gasteiger partial charge is 0.335 e. The lowest BCUT2D eigenvalue weighted by Crippen LogP contribution is -2.50. The first kappa shape index (κ1) is 15.5. The summed E-state index contributed by atoms with van der Waals surface area (Å²) in [5.41, 5.74) is 3.42. The molecule has 1 spiro atoms. The van der Waals surface area contributed by atoms with Crippen molar-refractivity contribution < 1.29 is 14.3 Å². The Kier molecular flexibility index (Phi) is 4.26. The number of carbonyl (C=O) groups excluding carboxylic acids is 2. The van der Waals surface area contributed by atoms with Crippen LogP contribution in [-0.4, -0.2) is 35.6 Å². The Morgan fingerprint density at radius 3 is 2.50 bits per heavy atom. The molecule has 0 unspecified atom stereocenters. The first-order chi connectivity index (χ1) is 10.5. The van der Waals surface area contributed by atoms with Gasteiger partial charge in [-0.1, -0.05) is 13.3 Å². The molecule has 1 saturated carbocycles. The number of carbonyl (C=O) groups is 2. The number of amides is 1. The van der Waals surface area contributed by atoms with Gasteiger partial charge in [0.15, 0.2) is 0 Å². The molecule has 1 aliphatic carbocycles. The maximum absolute atomic E-state index is 12.8. The number of hydrogen-bond donors (Lipinski definition) is 1. The molecule has 3 aliphatic rings. The molecule has 22 heavy (non-hydrogen) atoms. The second-order valence-corrected chi connectivity index (χ2v) is 7.05. The Labute approximate surface area is 132 Å². The fourth-order valence-electron chi connectivity index (χ4n) is 3.92. The minimum absolute atomic E-state index is 0.139. The maximum Gasteiger partial charge on any atom is 0.335 e. The summed E-state index contributed by atoms with van der Waals surface area (Å²) in [6.45, 7) is 5.72. The van der Waals surface area contributed by atoms with E-state index in [1.807, 2.05) is 5.01 Å². The molecular formula is C17H26N2O3. The van der Waals surface area contributed by atoms with Gasteiger partial charge in [-0.05, 0) is 51.4 Å². The Morgan fingerprint density at radius 1 is 1.23 bits per heavy atom. The van der Waals surface area contributed by atoms with Crippen LogP contribution < -0.4 is 5.43 Å². The average Bonchev–Trinajstić information content (AvgIpc) is 2.73. The van der Waals surface area contributed by atoms with Crippen molar-refractivity contribution >= 4 is 11.9 Å². The number of piperidine rings is 1. The molecule has 5 heteroatoms. The van der Waals surface area contributed by atoms with Gasteiger partial charge in [-0.3, -0.25) is 10.2 Å². The van der Waals surface area contributed by atoms with Crippen LogP contribution in [0.4, 0.5) is 0 Å². The van der Waals surface area contributed by atoms with Gasteiger partial charge in [0, 0.05) is 18.7 Å². The van der Waals surface area contributed by atoms with E-state index in [9.17, 15) is 9.59 Å². The van der Waals surface area contributed by atoms with Crippen molar-refractivity contribution in [2.24, 2.45) is 5.92 Å². The van der Waals surface area contributed by atoms with Crippen LogP contribution >= 0.6 is 0 Å². The molecule has 3 rings (SSSR count). The quantitative estimate of drug-likeness (QED) is 0.796. The predicted octanol–water partition coefficient (Wildman–Crippen LogP) is 2.33. The molecule has 2 heterocycles. The number of nitrogens with zero attached hydrogens (tertiary/aromatic N) is 1. The molecule has 1 saturated heterocycles. The summed E-state index contributed by atoms with van der Waals surface area (Å²) in [4.78, 5) is 24.8. The third kappa shape index (κ3) is 2.78. The van der Waals surface area contributed by atoms with E-state index in [0.29, 0.717) is 11.1 Å². The largest absolute Gasteiger partial charge is 0.451 e. The van der Waals surface area contributed by atoms with E-state index in [0.717, 1.165) is 64.0 Å². The highest BCUT2D eigenvalue weighted by Gasteiger charge is 2.49. The molecule has 0 atom stereocenters. The maximum atomic E-state index is 12.8. The third-order valence-corrected chi connectivity index (χ3v) is 5.36. The Bertz CT molecular complexity index is 498. The number of nitrogens with one attached hydrogen (secondary N) is 1. The highest BCUT2D eigenvalue weighted by molar-refractivity contribution is 6.07. The van der Waals surface area contributed by atoms with E-state index in [1.165, 1.54) is 0 Å². The lowest BCUT2D eigenvalue weighted by molar-refractivity contribution is -0.149. The Balaban J connectivity index is 1.75. The zero-order valence-electron chi connectivity index (χ0n) is 13.6. The van der Waals surface area contributed by atoms with Gasteiger partial charge in [0.2, 0.25) is 0 Å². The molecule has 0 aromatic heterocycles. The molecule has 0 radical (unpaired) electrons. The summed E-state index contributed by atoms with van der Waals surface area (Å²) in [5.74, 6) is 0.259. The zero-order valence-corrected chi connectivity index (χ0v) is 13.6. The highest BCUT2D eigenvalue weighted by Crippen LogP contribution is 2.43. The Morgan fingerprint density at radius 2 is 1.86 bits per heavy atom. The molecule has 1 amide bonds. The van der Waals surface area contributed by atoms with Crippen LogP contribution in [0, 0.1) is 5.92 Å². The monoisotopic (exact) mass is 306 g/mol. The second kappa shape index (κ2) is 6.03. The van der Waals surface area contributed by atoms with Crippen molar-refractivity contribution in [3.05, 3.63) is 11.1 Å². The van der Waals surface area contributed by atoms with E-state index >= 15 is 0 Å². The summed E-state index contributed by atoms with van der Waals surface area (Å²) in [5, 5.41) is 1.99. The molecule has 5 nitrogen and oxygen atoms in total. The Hall–Kier alpha value is -1.36. The summed E-state index contributed by atoms with van der Waals surface area (Å²) < 4.78 is 5.65. The summed E-state index contributed by atoms with van der Waals surface area (Å²) in [6, 6.07) is 0. The first-order valence-corrected chi connectivity index (χ1v) is 8.52. The van der Waals surface area contributed by atoms with Crippen molar-refractivity contribution in [3.8, 4) is 0 Å². The minimum atomic E-state index is -0.660. The van der Waals surface area contributed by atoms with Gasteiger partial charge < -0.3 is 4.74 Å². The van der Waals surface area contributed by atoms with E-state index in [1.54, 1.807) is 6.92 Å². The van der Waals surface area contributed by atoms with Crippen LogP contribution in [0.3, 0.4) is 0 Å². The number of hydrogen-bond acceptors (Lipinski definition) is 4. The molecule has 0 aromatic carbocycles. The summed E-state index contributed by atoms with van der Waals surface area (Å²) >= 11 is 0. The van der Waals surface area contributed by atoms with Crippen LogP contribution in [0.5, 0.6) is 0 Å². The number of hydrazine groups is 1. The van der Waals surface area contributed by atoms with Gasteiger partial charge in [-0.15, -0.1) is 0 Å². The first-order valence-electron chi connectivity index (χ1n) is 8.52.